The number of nitrogens with zero attached hydrogens (tertiary/aromatic N) is 3. The monoisotopic (exact) mass is 283 g/mol. The summed E-state index contributed by atoms with van der Waals surface area (Å²) in [6.45, 7) is 0.951. The molecule has 0 saturated heterocycles. The van der Waals surface area contributed by atoms with Crippen LogP contribution in [0.2, 0.25) is 0 Å². The second-order valence-corrected chi connectivity index (χ2v) is 4.99. The second-order valence-electron chi connectivity index (χ2n) is 4.99. The quantitative estimate of drug-likeness (QED) is 0.520. The van der Waals surface area contributed by atoms with Crippen LogP contribution in [0.1, 0.15) is 6.92 Å². The van der Waals surface area contributed by atoms with Gasteiger partial charge in [-0.3, -0.25) is 13.9 Å². The van der Waals surface area contributed by atoms with Gasteiger partial charge >= 0.3 is 5.69 Å². The lowest BCUT2D eigenvalue weighted by Crippen LogP contribution is -2.42. The number of H-pyrrole nitrogens is 1. The molecule has 9 nitrogen and oxygen atoms in total. The summed E-state index contributed by atoms with van der Waals surface area (Å²) in [5.41, 5.74) is -1.57. The number of aliphatic hydroxyl groups is 2. The van der Waals surface area contributed by atoms with Gasteiger partial charge in [0, 0.05) is 14.1 Å². The summed E-state index contributed by atoms with van der Waals surface area (Å²) in [5, 5.41) is 21.3. The van der Waals surface area contributed by atoms with E-state index in [1.807, 2.05) is 0 Å². The van der Waals surface area contributed by atoms with Gasteiger partial charge in [0.25, 0.3) is 5.56 Å². The molecular formula is C11H17N5O4. The van der Waals surface area contributed by atoms with Gasteiger partial charge in [0.1, 0.15) is 0 Å². The molecule has 0 radical (unpaired) electrons. The maximum absolute atomic E-state index is 12.0. The van der Waals surface area contributed by atoms with Crippen LogP contribution < -0.4 is 16.6 Å². The zero-order chi connectivity index (χ0) is 15.1. The van der Waals surface area contributed by atoms with Gasteiger partial charge in [0.2, 0.25) is 5.95 Å². The summed E-state index contributed by atoms with van der Waals surface area (Å²) in [6, 6.07) is 0. The van der Waals surface area contributed by atoms with E-state index in [2.05, 4.69) is 15.3 Å². The summed E-state index contributed by atoms with van der Waals surface area (Å²) in [5.74, 6) is 0.198. The molecule has 0 aliphatic carbocycles. The van der Waals surface area contributed by atoms with E-state index >= 15 is 0 Å². The fourth-order valence-electron chi connectivity index (χ4n) is 1.80. The van der Waals surface area contributed by atoms with E-state index in [0.717, 1.165) is 4.57 Å². The maximum Gasteiger partial charge on any atom is 0.332 e. The Hall–Kier alpha value is -2.13. The number of nitrogens with one attached hydrogen (secondary N) is 2. The van der Waals surface area contributed by atoms with Crippen molar-refractivity contribution in [1.29, 1.82) is 0 Å². The number of anilines is 1. The predicted molar refractivity (Wildman–Crippen MR) is 72.8 cm³/mol. The van der Waals surface area contributed by atoms with Crippen LogP contribution in [0.5, 0.6) is 0 Å². The lowest BCUT2D eigenvalue weighted by Gasteiger charge is -2.25. The Bertz CT molecular complexity index is 752. The Balaban J connectivity index is 2.61. The minimum Gasteiger partial charge on any atom is -0.394 e. The third-order valence-electron chi connectivity index (χ3n) is 3.21. The Kier molecular flexibility index (Phi) is 3.40. The van der Waals surface area contributed by atoms with Crippen molar-refractivity contribution in [3.8, 4) is 0 Å². The molecule has 9 heteroatoms. The normalized spacial score (nSPS) is 12.1. The lowest BCUT2D eigenvalue weighted by atomic mass is 10.1. The number of imidazole rings is 1. The third-order valence-corrected chi connectivity index (χ3v) is 3.21. The van der Waals surface area contributed by atoms with E-state index in [4.69, 9.17) is 0 Å². The average molecular weight is 283 g/mol. The summed E-state index contributed by atoms with van der Waals surface area (Å²) in [7, 11) is 2.88. The largest absolute Gasteiger partial charge is 0.394 e. The van der Waals surface area contributed by atoms with Crippen LogP contribution >= 0.6 is 0 Å². The summed E-state index contributed by atoms with van der Waals surface area (Å²) in [6.07, 6.45) is 0. The number of fused-ring (bicyclic) bond motifs is 1. The van der Waals surface area contributed by atoms with Gasteiger partial charge < -0.3 is 20.5 Å². The highest BCUT2D eigenvalue weighted by Crippen LogP contribution is 2.14. The fraction of sp³-hybridized carbons (Fsp3) is 0.545. The molecule has 0 spiro atoms. The first-order valence-corrected chi connectivity index (χ1v) is 5.98. The highest BCUT2D eigenvalue weighted by Gasteiger charge is 2.24. The summed E-state index contributed by atoms with van der Waals surface area (Å²) < 4.78 is 2.22. The molecule has 0 unspecified atom stereocenters. The first kappa shape index (κ1) is 14.3. The van der Waals surface area contributed by atoms with Crippen molar-refractivity contribution >= 4 is 17.1 Å². The number of hydrogen-bond acceptors (Lipinski definition) is 6. The van der Waals surface area contributed by atoms with Crippen LogP contribution in [0.3, 0.4) is 0 Å². The molecule has 4 N–H and O–H groups in total. The van der Waals surface area contributed by atoms with Crippen LogP contribution in [-0.2, 0) is 14.1 Å². The number of aromatic nitrogens is 4. The highest BCUT2D eigenvalue weighted by atomic mass is 16.3. The van der Waals surface area contributed by atoms with Gasteiger partial charge in [-0.25, -0.2) is 4.79 Å². The van der Waals surface area contributed by atoms with Crippen molar-refractivity contribution in [1.82, 2.24) is 19.1 Å². The zero-order valence-corrected chi connectivity index (χ0v) is 11.5. The zero-order valence-electron chi connectivity index (χ0n) is 11.5. The minimum atomic E-state index is -0.988. The van der Waals surface area contributed by atoms with E-state index in [1.165, 1.54) is 18.7 Å². The van der Waals surface area contributed by atoms with E-state index in [9.17, 15) is 19.8 Å². The molecule has 0 bridgehead atoms. The standard InChI is InChI=1S/C11H17N5O4/c1-11(4-17,5-18)14-9-12-6-7(13-9)15(2)10(20)16(3)8(6)19/h17-18H,4-5H2,1-3H3,(H2,12,13,14). The highest BCUT2D eigenvalue weighted by molar-refractivity contribution is 5.72. The smallest absolute Gasteiger partial charge is 0.332 e. The Morgan fingerprint density at radius 3 is 2.40 bits per heavy atom. The first-order chi connectivity index (χ1) is 9.33. The van der Waals surface area contributed by atoms with Gasteiger partial charge in [-0.15, -0.1) is 0 Å². The molecule has 0 fully saturated rings. The van der Waals surface area contributed by atoms with Gasteiger partial charge in [-0.05, 0) is 6.92 Å². The number of aryl methyl sites for hydroxylation is 1. The van der Waals surface area contributed by atoms with Gasteiger partial charge in [-0.1, -0.05) is 0 Å². The lowest BCUT2D eigenvalue weighted by molar-refractivity contribution is 0.147. The number of rotatable bonds is 4. The minimum absolute atomic E-state index is 0.176. The molecule has 0 amide bonds. The van der Waals surface area contributed by atoms with Crippen LogP contribution in [0.4, 0.5) is 5.95 Å². The molecule has 2 heterocycles. The number of aliphatic hydroxyl groups excluding tert-OH is 2. The van der Waals surface area contributed by atoms with Gasteiger partial charge in [0.15, 0.2) is 11.2 Å². The topological polar surface area (TPSA) is 125 Å². The molecule has 0 atom stereocenters. The van der Waals surface area contributed by atoms with Crippen molar-refractivity contribution in [2.75, 3.05) is 18.5 Å². The Morgan fingerprint density at radius 1 is 1.25 bits per heavy atom. The number of hydrogen-bond donors (Lipinski definition) is 4. The average Bonchev–Trinajstić information content (AvgIpc) is 2.86. The van der Waals surface area contributed by atoms with Crippen molar-refractivity contribution in [2.24, 2.45) is 14.1 Å². The molecule has 2 aromatic heterocycles. The molecule has 2 rings (SSSR count). The van der Waals surface area contributed by atoms with Gasteiger partial charge in [0.05, 0.1) is 18.8 Å². The second kappa shape index (κ2) is 4.76. The predicted octanol–water partition coefficient (Wildman–Crippen LogP) is -1.88. The molecular weight excluding hydrogens is 266 g/mol. The molecule has 0 saturated carbocycles. The summed E-state index contributed by atoms with van der Waals surface area (Å²) >= 11 is 0. The third kappa shape index (κ3) is 2.10. The molecule has 20 heavy (non-hydrogen) atoms. The van der Waals surface area contributed by atoms with E-state index in [-0.39, 0.29) is 30.3 Å². The first-order valence-electron chi connectivity index (χ1n) is 5.98. The Morgan fingerprint density at radius 2 is 1.85 bits per heavy atom. The molecule has 0 aromatic carbocycles. The number of aromatic amines is 1. The Labute approximate surface area is 113 Å². The molecule has 0 aliphatic rings. The van der Waals surface area contributed by atoms with Crippen LogP contribution in [0.25, 0.3) is 11.2 Å². The van der Waals surface area contributed by atoms with Crippen LogP contribution in [0, 0.1) is 0 Å². The van der Waals surface area contributed by atoms with Crippen LogP contribution in [0.15, 0.2) is 9.59 Å². The SMILES string of the molecule is Cn1c(=O)c2[nH]c(NC(C)(CO)CO)nc2n(C)c1=O. The van der Waals surface area contributed by atoms with Crippen molar-refractivity contribution in [2.45, 2.75) is 12.5 Å². The van der Waals surface area contributed by atoms with Crippen LogP contribution in [-0.4, -0.2) is 48.1 Å². The molecule has 2 aromatic rings. The van der Waals surface area contributed by atoms with E-state index in [1.54, 1.807) is 6.92 Å². The maximum atomic E-state index is 12.0. The van der Waals surface area contributed by atoms with E-state index < -0.39 is 16.8 Å². The molecule has 110 valence electrons. The van der Waals surface area contributed by atoms with Gasteiger partial charge in [-0.2, -0.15) is 4.98 Å². The summed E-state index contributed by atoms with van der Waals surface area (Å²) in [4.78, 5) is 30.6. The fourth-order valence-corrected chi connectivity index (χ4v) is 1.80. The van der Waals surface area contributed by atoms with Crippen molar-refractivity contribution < 1.29 is 10.2 Å². The van der Waals surface area contributed by atoms with E-state index in [0.29, 0.717) is 0 Å². The van der Waals surface area contributed by atoms with Crippen molar-refractivity contribution in [3.63, 3.8) is 0 Å². The molecule has 0 aliphatic heterocycles. The van der Waals surface area contributed by atoms with Crippen molar-refractivity contribution in [3.05, 3.63) is 20.8 Å².